The zero-order valence-corrected chi connectivity index (χ0v) is 15.4. The predicted molar refractivity (Wildman–Crippen MR) is 98.9 cm³/mol. The summed E-state index contributed by atoms with van der Waals surface area (Å²) in [5.41, 5.74) is 2.34. The Morgan fingerprint density at radius 1 is 1.14 bits per heavy atom. The molecule has 2 aromatic carbocycles. The molecule has 1 saturated heterocycles. The number of aromatic nitrogens is 3. The molecule has 2 unspecified atom stereocenters. The Kier molecular flexibility index (Phi) is 3.39. The van der Waals surface area contributed by atoms with Crippen molar-refractivity contribution < 1.29 is 14.4 Å². The van der Waals surface area contributed by atoms with Crippen LogP contribution in [0.4, 0.5) is 5.69 Å². The largest absolute Gasteiger partial charge is 0.295 e. The molecule has 1 fully saturated rings. The number of rotatable bonds is 2. The second-order valence-electron chi connectivity index (χ2n) is 6.98. The fourth-order valence-corrected chi connectivity index (χ4v) is 4.14. The maximum absolute atomic E-state index is 12.5. The van der Waals surface area contributed by atoms with Crippen LogP contribution in [0, 0.1) is 0 Å². The second kappa shape index (κ2) is 5.62. The highest BCUT2D eigenvalue weighted by Gasteiger charge is 2.59. The van der Waals surface area contributed by atoms with Crippen molar-refractivity contribution in [3.8, 4) is 0 Å². The summed E-state index contributed by atoms with van der Waals surface area (Å²) in [6, 6.07) is 10.7. The molecule has 1 N–H and O–H groups in total. The fourth-order valence-electron chi connectivity index (χ4n) is 3.87. The van der Waals surface area contributed by atoms with Gasteiger partial charge in [0.1, 0.15) is 5.52 Å². The summed E-state index contributed by atoms with van der Waals surface area (Å²) in [4.78, 5) is 36.7. The summed E-state index contributed by atoms with van der Waals surface area (Å²) >= 11 is 6.70. The highest BCUT2D eigenvalue weighted by molar-refractivity contribution is 6.25. The van der Waals surface area contributed by atoms with Gasteiger partial charge in [-0.3, -0.25) is 19.7 Å². The molecule has 1 radical (unpaired) electrons. The van der Waals surface area contributed by atoms with Crippen molar-refractivity contribution in [2.45, 2.75) is 17.2 Å². The number of alkyl halides is 1. The van der Waals surface area contributed by atoms with Crippen LogP contribution in [-0.4, -0.2) is 32.7 Å². The van der Waals surface area contributed by atoms with Gasteiger partial charge in [0.15, 0.2) is 5.41 Å². The van der Waals surface area contributed by atoms with Gasteiger partial charge in [-0.2, -0.15) is 0 Å². The Hall–Kier alpha value is -3.26. The Morgan fingerprint density at radius 3 is 2.64 bits per heavy atom. The van der Waals surface area contributed by atoms with E-state index < -0.39 is 28.5 Å². The molecular weight excluding hydrogens is 382 g/mol. The minimum atomic E-state index is -1.58. The Labute approximate surface area is 163 Å². The molecule has 8 nitrogen and oxygen atoms in total. The van der Waals surface area contributed by atoms with Crippen molar-refractivity contribution in [2.24, 2.45) is 7.05 Å². The molecule has 5 rings (SSSR count). The molecule has 3 heterocycles. The number of carbonyl (C=O) groups excluding carboxylic acids is 3. The predicted octanol–water partition coefficient (Wildman–Crippen LogP) is 1.36. The van der Waals surface area contributed by atoms with Crippen LogP contribution in [0.15, 0.2) is 36.4 Å². The van der Waals surface area contributed by atoms with Gasteiger partial charge < -0.3 is 0 Å². The van der Waals surface area contributed by atoms with Gasteiger partial charge in [-0.25, -0.2) is 10.00 Å². The van der Waals surface area contributed by atoms with Crippen LogP contribution in [-0.2, 0) is 26.8 Å². The van der Waals surface area contributed by atoms with Gasteiger partial charge in [-0.1, -0.05) is 23.4 Å². The summed E-state index contributed by atoms with van der Waals surface area (Å²) in [5, 5.41) is 13.7. The lowest BCUT2D eigenvalue weighted by Gasteiger charge is -2.18. The molecule has 0 saturated carbocycles. The van der Waals surface area contributed by atoms with Crippen molar-refractivity contribution >= 4 is 46.0 Å². The van der Waals surface area contributed by atoms with E-state index in [2.05, 4.69) is 20.9 Å². The fraction of sp³-hybridized carbons (Fsp3) is 0.211. The molecule has 1 spiro atoms. The minimum absolute atomic E-state index is 0.233. The van der Waals surface area contributed by atoms with Crippen molar-refractivity contribution in [2.75, 3.05) is 0 Å². The van der Waals surface area contributed by atoms with E-state index in [0.29, 0.717) is 22.3 Å². The highest BCUT2D eigenvalue weighted by atomic mass is 35.5. The Bertz CT molecular complexity index is 1200. The number of halogens is 1. The number of carbonyl (C=O) groups is 3. The molecule has 1 aromatic heterocycles. The molecular formula is C19H13ClN5O3. The number of nitrogens with one attached hydrogen (secondary N) is 1. The van der Waals surface area contributed by atoms with Gasteiger partial charge in [0.05, 0.1) is 23.0 Å². The van der Waals surface area contributed by atoms with Crippen LogP contribution in [0.25, 0.3) is 11.0 Å². The molecule has 3 aromatic rings. The highest BCUT2D eigenvalue weighted by Crippen LogP contribution is 2.45. The topological polar surface area (TPSA) is 108 Å². The Balaban J connectivity index is 1.59. The minimum Gasteiger partial charge on any atom is -0.295 e. The van der Waals surface area contributed by atoms with Crippen molar-refractivity contribution in [1.29, 1.82) is 0 Å². The first kappa shape index (κ1) is 16.9. The van der Waals surface area contributed by atoms with E-state index >= 15 is 0 Å². The molecule has 28 heavy (non-hydrogen) atoms. The van der Waals surface area contributed by atoms with Gasteiger partial charge in [-0.05, 0) is 29.3 Å². The lowest BCUT2D eigenvalue weighted by Crippen LogP contribution is -2.41. The van der Waals surface area contributed by atoms with E-state index in [9.17, 15) is 14.4 Å². The number of nitrogens with zero attached hydrogens (tertiary/aromatic N) is 4. The van der Waals surface area contributed by atoms with Gasteiger partial charge in [0.25, 0.3) is 5.91 Å². The molecule has 9 heteroatoms. The van der Waals surface area contributed by atoms with Crippen molar-refractivity contribution in [3.05, 3.63) is 53.1 Å². The van der Waals surface area contributed by atoms with Crippen molar-refractivity contribution in [3.63, 3.8) is 0 Å². The van der Waals surface area contributed by atoms with Crippen LogP contribution < -0.4 is 10.6 Å². The third-order valence-electron chi connectivity index (χ3n) is 5.35. The van der Waals surface area contributed by atoms with E-state index in [-0.39, 0.29) is 6.42 Å². The lowest BCUT2D eigenvalue weighted by atomic mass is 9.79. The number of amides is 3. The maximum atomic E-state index is 12.5. The first-order chi connectivity index (χ1) is 13.4. The van der Waals surface area contributed by atoms with Gasteiger partial charge in [0.2, 0.25) is 11.8 Å². The number of hydrogen-bond donors (Lipinski definition) is 1. The molecule has 2 aliphatic heterocycles. The summed E-state index contributed by atoms with van der Waals surface area (Å²) in [7, 11) is 1.81. The average Bonchev–Trinajstić information content (AvgIpc) is 3.29. The number of aryl methyl sites for hydroxylation is 1. The maximum Gasteiger partial charge on any atom is 0.267 e. The van der Waals surface area contributed by atoms with Crippen LogP contribution in [0.2, 0.25) is 0 Å². The molecule has 2 aliphatic rings. The lowest BCUT2D eigenvalue weighted by molar-refractivity contribution is -0.133. The smallest absolute Gasteiger partial charge is 0.267 e. The van der Waals surface area contributed by atoms with E-state index in [0.717, 1.165) is 11.1 Å². The molecule has 0 bridgehead atoms. The van der Waals surface area contributed by atoms with Gasteiger partial charge >= 0.3 is 0 Å². The first-order valence-electron chi connectivity index (χ1n) is 8.58. The molecule has 0 aliphatic carbocycles. The number of imide groups is 1. The van der Waals surface area contributed by atoms with E-state index in [4.69, 9.17) is 11.6 Å². The molecule has 2 atom stereocenters. The third kappa shape index (κ3) is 2.15. The number of benzene rings is 2. The second-order valence-corrected chi connectivity index (χ2v) is 7.41. The monoisotopic (exact) mass is 394 g/mol. The SMILES string of the molecule is Cn1nnc2cc(C(Cl)c3ccc4c(c3)C3(CC(=O)NC3=O)C(=O)[N]4)ccc21. The summed E-state index contributed by atoms with van der Waals surface area (Å²) in [5.74, 6) is -1.73. The standard InChI is InChI=1S/C19H13ClN5O3/c1-25-14-5-3-10(7-13(14)23-24-25)16(20)9-2-4-12-11(6-9)19(17(27)21-12)8-15(26)22-18(19)28/h2-7,16H,8H2,1H3,(H,22,26,28). The zero-order valence-electron chi connectivity index (χ0n) is 14.6. The zero-order chi connectivity index (χ0) is 19.6. The van der Waals surface area contributed by atoms with E-state index in [1.165, 1.54) is 0 Å². The molecule has 3 amide bonds. The third-order valence-corrected chi connectivity index (χ3v) is 5.86. The van der Waals surface area contributed by atoms with Crippen LogP contribution in [0.5, 0.6) is 0 Å². The Morgan fingerprint density at radius 2 is 1.89 bits per heavy atom. The molecule has 139 valence electrons. The average molecular weight is 395 g/mol. The quantitative estimate of drug-likeness (QED) is 0.401. The first-order valence-corrected chi connectivity index (χ1v) is 9.02. The van der Waals surface area contributed by atoms with Crippen LogP contribution in [0.1, 0.15) is 28.5 Å². The normalized spacial score (nSPS) is 21.9. The van der Waals surface area contributed by atoms with Gasteiger partial charge in [-0.15, -0.1) is 16.7 Å². The van der Waals surface area contributed by atoms with Crippen molar-refractivity contribution in [1.82, 2.24) is 25.6 Å². The van der Waals surface area contributed by atoms with Gasteiger partial charge in [0, 0.05) is 12.6 Å². The summed E-state index contributed by atoms with van der Waals surface area (Å²) in [6.45, 7) is 0. The van der Waals surface area contributed by atoms with E-state index in [1.807, 2.05) is 25.2 Å². The summed E-state index contributed by atoms with van der Waals surface area (Å²) < 4.78 is 1.67. The van der Waals surface area contributed by atoms with Crippen LogP contribution >= 0.6 is 11.6 Å². The van der Waals surface area contributed by atoms with Crippen LogP contribution in [0.3, 0.4) is 0 Å². The van der Waals surface area contributed by atoms with E-state index in [1.54, 1.807) is 22.9 Å². The summed E-state index contributed by atoms with van der Waals surface area (Å²) in [6.07, 6.45) is -0.233. The number of fused-ring (bicyclic) bond motifs is 3. The number of hydrogen-bond acceptors (Lipinski definition) is 5.